The predicted octanol–water partition coefficient (Wildman–Crippen LogP) is 2.70. The highest BCUT2D eigenvalue weighted by Crippen LogP contribution is 2.37. The monoisotopic (exact) mass is 262 g/mol. The maximum Gasteiger partial charge on any atom is 0.258 e. The van der Waals surface area contributed by atoms with Crippen molar-refractivity contribution in [1.29, 1.82) is 0 Å². The van der Waals surface area contributed by atoms with Crippen molar-refractivity contribution >= 4 is 5.91 Å². The van der Waals surface area contributed by atoms with Crippen molar-refractivity contribution in [2.75, 3.05) is 6.61 Å². The quantitative estimate of drug-likeness (QED) is 0.781. The van der Waals surface area contributed by atoms with E-state index in [0.29, 0.717) is 12.2 Å². The Balaban J connectivity index is 2.36. The number of nitrogens with zero attached hydrogens (tertiary/aromatic N) is 2. The van der Waals surface area contributed by atoms with Crippen molar-refractivity contribution in [3.05, 3.63) is 30.1 Å². The van der Waals surface area contributed by atoms with Gasteiger partial charge in [0.15, 0.2) is 0 Å². The smallest absolute Gasteiger partial charge is 0.258 e. The van der Waals surface area contributed by atoms with E-state index in [2.05, 4.69) is 25.8 Å². The van der Waals surface area contributed by atoms with E-state index in [9.17, 15) is 4.79 Å². The first-order valence-corrected chi connectivity index (χ1v) is 6.61. The molecule has 0 N–H and O–H groups in total. The van der Waals surface area contributed by atoms with Gasteiger partial charge in [-0.05, 0) is 31.4 Å². The van der Waals surface area contributed by atoms with Crippen LogP contribution < -0.4 is 0 Å². The summed E-state index contributed by atoms with van der Waals surface area (Å²) in [7, 11) is 0. The minimum absolute atomic E-state index is 0.0180. The van der Waals surface area contributed by atoms with Gasteiger partial charge in [-0.2, -0.15) is 0 Å². The van der Waals surface area contributed by atoms with Gasteiger partial charge in [-0.25, -0.2) is 0 Å². The largest absolute Gasteiger partial charge is 0.354 e. The van der Waals surface area contributed by atoms with Gasteiger partial charge in [0.2, 0.25) is 0 Å². The molecule has 0 bridgehead atoms. The van der Waals surface area contributed by atoms with Crippen LogP contribution >= 0.6 is 0 Å². The van der Waals surface area contributed by atoms with E-state index in [0.717, 1.165) is 0 Å². The summed E-state index contributed by atoms with van der Waals surface area (Å²) in [5.74, 6) is -0.0180. The lowest BCUT2D eigenvalue weighted by molar-refractivity contribution is -0.0431. The van der Waals surface area contributed by atoms with Gasteiger partial charge in [0.05, 0.1) is 18.2 Å². The molecule has 0 saturated carbocycles. The first kappa shape index (κ1) is 14.0. The third-order valence-corrected chi connectivity index (χ3v) is 3.61. The number of hydrogen-bond donors (Lipinski definition) is 0. The highest BCUT2D eigenvalue weighted by Gasteiger charge is 2.48. The summed E-state index contributed by atoms with van der Waals surface area (Å²) >= 11 is 0. The molecule has 1 atom stereocenters. The van der Waals surface area contributed by atoms with Crippen molar-refractivity contribution < 1.29 is 9.53 Å². The van der Waals surface area contributed by atoms with Crippen LogP contribution in [-0.4, -0.2) is 34.2 Å². The second-order valence-corrected chi connectivity index (χ2v) is 6.56. The standard InChI is InChI=1S/C15H22N2O2/c1-14(2,3)12-10-19-15(4,5)17(12)13(18)11-7-6-8-16-9-11/h6-9,12H,10H2,1-5H3/t12-/m1/s1. The van der Waals surface area contributed by atoms with Crippen LogP contribution in [0.1, 0.15) is 45.0 Å². The van der Waals surface area contributed by atoms with Crippen molar-refractivity contribution in [2.45, 2.75) is 46.4 Å². The molecular formula is C15H22N2O2. The molecule has 4 nitrogen and oxygen atoms in total. The predicted molar refractivity (Wildman–Crippen MR) is 73.7 cm³/mol. The lowest BCUT2D eigenvalue weighted by Gasteiger charge is -2.39. The van der Waals surface area contributed by atoms with Gasteiger partial charge in [-0.15, -0.1) is 0 Å². The van der Waals surface area contributed by atoms with E-state index < -0.39 is 5.72 Å². The van der Waals surface area contributed by atoms with Crippen LogP contribution in [0.4, 0.5) is 0 Å². The molecule has 1 aliphatic heterocycles. The number of rotatable bonds is 1. The van der Waals surface area contributed by atoms with Gasteiger partial charge in [0.25, 0.3) is 5.91 Å². The molecule has 1 amide bonds. The zero-order valence-electron chi connectivity index (χ0n) is 12.3. The molecule has 2 rings (SSSR count). The fraction of sp³-hybridized carbons (Fsp3) is 0.600. The molecule has 0 unspecified atom stereocenters. The third kappa shape index (κ3) is 2.63. The first-order valence-electron chi connectivity index (χ1n) is 6.61. The summed E-state index contributed by atoms with van der Waals surface area (Å²) < 4.78 is 5.82. The van der Waals surface area contributed by atoms with Crippen molar-refractivity contribution in [2.24, 2.45) is 5.41 Å². The normalized spacial score (nSPS) is 22.6. The molecule has 2 heterocycles. The van der Waals surface area contributed by atoms with E-state index in [1.807, 2.05) is 18.7 Å². The molecular weight excluding hydrogens is 240 g/mol. The minimum Gasteiger partial charge on any atom is -0.354 e. The second-order valence-electron chi connectivity index (χ2n) is 6.56. The molecule has 0 spiro atoms. The van der Waals surface area contributed by atoms with Gasteiger partial charge >= 0.3 is 0 Å². The molecule has 19 heavy (non-hydrogen) atoms. The van der Waals surface area contributed by atoms with E-state index in [1.165, 1.54) is 0 Å². The number of ether oxygens (including phenoxy) is 1. The van der Waals surface area contributed by atoms with Gasteiger partial charge in [0.1, 0.15) is 5.72 Å². The number of hydrogen-bond acceptors (Lipinski definition) is 3. The SMILES string of the molecule is CC(C)(C)[C@H]1COC(C)(C)N1C(=O)c1cccnc1. The summed E-state index contributed by atoms with van der Waals surface area (Å²) in [5, 5.41) is 0. The Hall–Kier alpha value is -1.42. The van der Waals surface area contributed by atoms with Gasteiger partial charge < -0.3 is 9.64 Å². The zero-order valence-corrected chi connectivity index (χ0v) is 12.3. The average molecular weight is 262 g/mol. The Kier molecular flexibility index (Phi) is 3.39. The Bertz CT molecular complexity index is 463. The topological polar surface area (TPSA) is 42.4 Å². The number of amides is 1. The van der Waals surface area contributed by atoms with Crippen molar-refractivity contribution in [1.82, 2.24) is 9.88 Å². The number of aromatic nitrogens is 1. The molecule has 0 radical (unpaired) electrons. The lowest BCUT2D eigenvalue weighted by Crippen LogP contribution is -2.52. The summed E-state index contributed by atoms with van der Waals surface area (Å²) in [6, 6.07) is 3.64. The Morgan fingerprint density at radius 2 is 2.16 bits per heavy atom. The van der Waals surface area contributed by atoms with E-state index in [4.69, 9.17) is 4.74 Å². The number of carbonyl (C=O) groups excluding carboxylic acids is 1. The van der Waals surface area contributed by atoms with Gasteiger partial charge in [0, 0.05) is 12.4 Å². The van der Waals surface area contributed by atoms with Crippen LogP contribution in [0.3, 0.4) is 0 Å². The zero-order chi connectivity index (χ0) is 14.3. The molecule has 4 heteroatoms. The Morgan fingerprint density at radius 3 is 2.68 bits per heavy atom. The molecule has 1 fully saturated rings. The maximum atomic E-state index is 12.7. The van der Waals surface area contributed by atoms with Crippen molar-refractivity contribution in [3.8, 4) is 0 Å². The minimum atomic E-state index is -0.579. The summed E-state index contributed by atoms with van der Waals surface area (Å²) in [4.78, 5) is 18.6. The molecule has 1 aromatic heterocycles. The van der Waals surface area contributed by atoms with Crippen LogP contribution in [0.2, 0.25) is 0 Å². The summed E-state index contributed by atoms with van der Waals surface area (Å²) in [6.07, 6.45) is 3.28. The van der Waals surface area contributed by atoms with Crippen molar-refractivity contribution in [3.63, 3.8) is 0 Å². The van der Waals surface area contributed by atoms with Gasteiger partial charge in [-0.1, -0.05) is 20.8 Å². The van der Waals surface area contributed by atoms with Gasteiger partial charge in [-0.3, -0.25) is 9.78 Å². The van der Waals surface area contributed by atoms with Crippen LogP contribution in [0.5, 0.6) is 0 Å². The van der Waals surface area contributed by atoms with Crippen LogP contribution in [0.25, 0.3) is 0 Å². The molecule has 1 saturated heterocycles. The fourth-order valence-electron chi connectivity index (χ4n) is 2.45. The lowest BCUT2D eigenvalue weighted by atomic mass is 9.86. The number of carbonyl (C=O) groups is 1. The summed E-state index contributed by atoms with van der Waals surface area (Å²) in [5.41, 5.74) is 0.00610. The van der Waals surface area contributed by atoms with Crippen LogP contribution in [0, 0.1) is 5.41 Å². The third-order valence-electron chi connectivity index (χ3n) is 3.61. The molecule has 104 valence electrons. The molecule has 0 aromatic carbocycles. The van der Waals surface area contributed by atoms with Crippen LogP contribution in [-0.2, 0) is 4.74 Å². The highest BCUT2D eigenvalue weighted by atomic mass is 16.5. The van der Waals surface area contributed by atoms with Crippen LogP contribution in [0.15, 0.2) is 24.5 Å². The first-order chi connectivity index (χ1) is 8.73. The highest BCUT2D eigenvalue weighted by molar-refractivity contribution is 5.94. The summed E-state index contributed by atoms with van der Waals surface area (Å²) in [6.45, 7) is 10.8. The fourth-order valence-corrected chi connectivity index (χ4v) is 2.45. The maximum absolute atomic E-state index is 12.7. The Morgan fingerprint density at radius 1 is 1.47 bits per heavy atom. The molecule has 1 aliphatic rings. The van der Waals surface area contributed by atoms with E-state index >= 15 is 0 Å². The molecule has 1 aromatic rings. The average Bonchev–Trinajstić information content (AvgIpc) is 2.65. The Labute approximate surface area is 114 Å². The van der Waals surface area contributed by atoms with E-state index in [1.54, 1.807) is 24.5 Å². The number of pyridine rings is 1. The second kappa shape index (κ2) is 4.60. The van der Waals surface area contributed by atoms with E-state index in [-0.39, 0.29) is 17.4 Å². The molecule has 0 aliphatic carbocycles.